The number of unbranched alkanes of at least 4 members (excludes halogenated alkanes) is 2. The quantitative estimate of drug-likeness (QED) is 0.502. The molecule has 2 aromatic rings. The van der Waals surface area contributed by atoms with Gasteiger partial charge in [0.1, 0.15) is 0 Å². The monoisotopic (exact) mass is 478 g/mol. The second-order valence-electron chi connectivity index (χ2n) is 9.89. The van der Waals surface area contributed by atoms with E-state index in [9.17, 15) is 4.79 Å². The third kappa shape index (κ3) is 5.31. The van der Waals surface area contributed by atoms with Gasteiger partial charge in [0.25, 0.3) is 5.91 Å². The average Bonchev–Trinajstić information content (AvgIpc) is 3.32. The number of carbonyl (C=O) groups excluding carboxylic acids is 1. The fourth-order valence-corrected chi connectivity index (χ4v) is 5.49. The first-order valence-corrected chi connectivity index (χ1v) is 13.2. The van der Waals surface area contributed by atoms with Crippen LogP contribution in [0.1, 0.15) is 49.4 Å². The number of likely N-dealkylation sites (N-methyl/N-ethyl adjacent to an activating group) is 1. The summed E-state index contributed by atoms with van der Waals surface area (Å²) in [5.41, 5.74) is 1.41. The smallest absolute Gasteiger partial charge is 0.256 e. The van der Waals surface area contributed by atoms with Crippen LogP contribution < -0.4 is 9.47 Å². The number of carbonyl (C=O) groups is 1. The maximum absolute atomic E-state index is 13.1. The molecule has 0 saturated carbocycles. The fraction of sp³-hybridized carbons (Fsp3) is 0.571. The number of hydrogen-bond donors (Lipinski definition) is 0. The summed E-state index contributed by atoms with van der Waals surface area (Å²) in [5.74, 6) is 1.53. The summed E-state index contributed by atoms with van der Waals surface area (Å²) in [6.07, 6.45) is 7.36. The van der Waals surface area contributed by atoms with E-state index < -0.39 is 0 Å². The molecule has 0 radical (unpaired) electrons. The van der Waals surface area contributed by atoms with E-state index in [1.807, 2.05) is 35.4 Å². The Balaban J connectivity index is 1.19. The second-order valence-corrected chi connectivity index (χ2v) is 9.89. The molecule has 1 amide bonds. The van der Waals surface area contributed by atoms with Crippen LogP contribution in [0.3, 0.4) is 0 Å². The Bertz CT molecular complexity index is 1080. The Labute approximate surface area is 208 Å². The van der Waals surface area contributed by atoms with E-state index in [0.717, 1.165) is 61.0 Å². The predicted octanol–water partition coefficient (Wildman–Crippen LogP) is 4.36. The van der Waals surface area contributed by atoms with E-state index in [1.54, 1.807) is 7.11 Å². The molecule has 2 saturated heterocycles. The zero-order chi connectivity index (χ0) is 24.2. The van der Waals surface area contributed by atoms with Crippen molar-refractivity contribution in [2.24, 2.45) is 4.99 Å². The first-order chi connectivity index (χ1) is 17.2. The van der Waals surface area contributed by atoms with Crippen LogP contribution in [0.5, 0.6) is 11.5 Å². The predicted molar refractivity (Wildman–Crippen MR) is 141 cm³/mol. The summed E-state index contributed by atoms with van der Waals surface area (Å²) >= 11 is 0. The first kappa shape index (κ1) is 24.1. The van der Waals surface area contributed by atoms with Crippen LogP contribution in [0, 0.1) is 0 Å². The standard InChI is InChI=1S/C28H38N4O3/c1-3-30-11-13-31(14-12-30)9-5-4-6-15-35-27-19-22-17-25-24(16-21(22)18-26(27)34-2)28(33)32-10-7-8-23(32)20-29-25/h16-20,23H,3-15H2,1-2H3/t23-/m0/s1. The van der Waals surface area contributed by atoms with Crippen molar-refractivity contribution < 1.29 is 14.3 Å². The maximum Gasteiger partial charge on any atom is 0.256 e. The van der Waals surface area contributed by atoms with Crippen LogP contribution in [-0.2, 0) is 0 Å². The van der Waals surface area contributed by atoms with Crippen molar-refractivity contribution in [3.8, 4) is 11.5 Å². The number of benzene rings is 2. The summed E-state index contributed by atoms with van der Waals surface area (Å²) in [4.78, 5) is 24.9. The van der Waals surface area contributed by atoms with Gasteiger partial charge in [-0.3, -0.25) is 9.79 Å². The third-order valence-corrected chi connectivity index (χ3v) is 7.70. The molecule has 7 nitrogen and oxygen atoms in total. The molecular formula is C28H38N4O3. The highest BCUT2D eigenvalue weighted by molar-refractivity contribution is 6.07. The SMILES string of the molecule is CCN1CCN(CCCCCOc2cc3cc4c(cc3cc2OC)C(=O)N2CCC[C@H]2C=N4)CC1. The lowest BCUT2D eigenvalue weighted by Crippen LogP contribution is -2.46. The summed E-state index contributed by atoms with van der Waals surface area (Å²) in [7, 11) is 1.67. The van der Waals surface area contributed by atoms with Gasteiger partial charge in [-0.2, -0.15) is 0 Å². The van der Waals surface area contributed by atoms with Gasteiger partial charge in [0, 0.05) is 38.9 Å². The summed E-state index contributed by atoms with van der Waals surface area (Å²) in [6.45, 7) is 10.8. The molecule has 0 unspecified atom stereocenters. The second kappa shape index (κ2) is 11.0. The highest BCUT2D eigenvalue weighted by atomic mass is 16.5. The Hall–Kier alpha value is -2.64. The summed E-state index contributed by atoms with van der Waals surface area (Å²) in [6, 6.07) is 8.08. The molecule has 188 valence electrons. The van der Waals surface area contributed by atoms with Crippen LogP contribution in [0.15, 0.2) is 29.3 Å². The first-order valence-electron chi connectivity index (χ1n) is 13.2. The van der Waals surface area contributed by atoms with Crippen LogP contribution in [0.25, 0.3) is 10.8 Å². The van der Waals surface area contributed by atoms with Crippen molar-refractivity contribution >= 4 is 28.6 Å². The van der Waals surface area contributed by atoms with Gasteiger partial charge >= 0.3 is 0 Å². The number of aliphatic imine (C=N–C) groups is 1. The van der Waals surface area contributed by atoms with Gasteiger partial charge in [0.15, 0.2) is 11.5 Å². The number of ether oxygens (including phenoxy) is 2. The van der Waals surface area contributed by atoms with E-state index in [2.05, 4.69) is 21.7 Å². The number of methoxy groups -OCH3 is 1. The van der Waals surface area contributed by atoms with E-state index in [0.29, 0.717) is 17.9 Å². The Kier molecular flexibility index (Phi) is 7.54. The third-order valence-electron chi connectivity index (χ3n) is 7.70. The minimum atomic E-state index is 0.0773. The Morgan fingerprint density at radius 1 is 0.943 bits per heavy atom. The fourth-order valence-electron chi connectivity index (χ4n) is 5.49. The van der Waals surface area contributed by atoms with Crippen LogP contribution >= 0.6 is 0 Å². The molecule has 0 N–H and O–H groups in total. The molecular weight excluding hydrogens is 440 g/mol. The zero-order valence-corrected chi connectivity index (χ0v) is 21.2. The zero-order valence-electron chi connectivity index (χ0n) is 21.2. The van der Waals surface area contributed by atoms with Gasteiger partial charge in [0.2, 0.25) is 0 Å². The van der Waals surface area contributed by atoms with Crippen molar-refractivity contribution in [1.82, 2.24) is 14.7 Å². The molecule has 3 heterocycles. The lowest BCUT2D eigenvalue weighted by atomic mass is 10.0. The van der Waals surface area contributed by atoms with Crippen molar-refractivity contribution in [3.05, 3.63) is 29.8 Å². The van der Waals surface area contributed by atoms with E-state index in [1.165, 1.54) is 39.1 Å². The van der Waals surface area contributed by atoms with Gasteiger partial charge in [-0.25, -0.2) is 0 Å². The molecule has 5 rings (SSSR count). The van der Waals surface area contributed by atoms with Crippen molar-refractivity contribution in [3.63, 3.8) is 0 Å². The minimum absolute atomic E-state index is 0.0773. The van der Waals surface area contributed by atoms with E-state index in [4.69, 9.17) is 9.47 Å². The molecule has 2 aromatic carbocycles. The maximum atomic E-state index is 13.1. The summed E-state index contributed by atoms with van der Waals surface area (Å²) < 4.78 is 11.8. The van der Waals surface area contributed by atoms with Gasteiger partial charge in [-0.15, -0.1) is 0 Å². The Morgan fingerprint density at radius 2 is 1.71 bits per heavy atom. The molecule has 7 heteroatoms. The average molecular weight is 479 g/mol. The van der Waals surface area contributed by atoms with Crippen LogP contribution in [0.2, 0.25) is 0 Å². The highest BCUT2D eigenvalue weighted by Gasteiger charge is 2.31. The van der Waals surface area contributed by atoms with Crippen LogP contribution in [-0.4, -0.2) is 92.4 Å². The number of nitrogens with zero attached hydrogens (tertiary/aromatic N) is 4. The van der Waals surface area contributed by atoms with Gasteiger partial charge in [-0.05, 0) is 80.2 Å². The lowest BCUT2D eigenvalue weighted by Gasteiger charge is -2.33. The van der Waals surface area contributed by atoms with Gasteiger partial charge in [0.05, 0.1) is 31.0 Å². The van der Waals surface area contributed by atoms with E-state index in [-0.39, 0.29) is 11.9 Å². The largest absolute Gasteiger partial charge is 0.493 e. The topological polar surface area (TPSA) is 57.6 Å². The molecule has 0 spiro atoms. The molecule has 0 aliphatic carbocycles. The number of hydrogen-bond acceptors (Lipinski definition) is 6. The lowest BCUT2D eigenvalue weighted by molar-refractivity contribution is 0.0775. The molecule has 1 atom stereocenters. The summed E-state index contributed by atoms with van der Waals surface area (Å²) in [5, 5.41) is 1.98. The number of rotatable bonds is 9. The van der Waals surface area contributed by atoms with Crippen molar-refractivity contribution in [2.75, 3.05) is 59.5 Å². The van der Waals surface area contributed by atoms with Crippen molar-refractivity contribution in [1.29, 1.82) is 0 Å². The van der Waals surface area contributed by atoms with E-state index >= 15 is 0 Å². The molecule has 35 heavy (non-hydrogen) atoms. The number of piperazine rings is 1. The molecule has 3 aliphatic heterocycles. The van der Waals surface area contributed by atoms with Crippen molar-refractivity contribution in [2.45, 2.75) is 45.1 Å². The normalized spacial score (nSPS) is 20.7. The Morgan fingerprint density at radius 3 is 2.51 bits per heavy atom. The van der Waals surface area contributed by atoms with Crippen LogP contribution in [0.4, 0.5) is 5.69 Å². The molecule has 2 fully saturated rings. The number of fused-ring (bicyclic) bond motifs is 3. The van der Waals surface area contributed by atoms with Gasteiger partial charge < -0.3 is 24.2 Å². The number of amides is 1. The molecule has 0 bridgehead atoms. The molecule has 0 aromatic heterocycles. The minimum Gasteiger partial charge on any atom is -0.493 e. The van der Waals surface area contributed by atoms with Gasteiger partial charge in [-0.1, -0.05) is 6.92 Å². The highest BCUT2D eigenvalue weighted by Crippen LogP contribution is 2.37. The molecule has 3 aliphatic rings.